The Kier molecular flexibility index (Phi) is 6.36. The Morgan fingerprint density at radius 2 is 2.11 bits per heavy atom. The molecule has 0 aliphatic heterocycles. The summed E-state index contributed by atoms with van der Waals surface area (Å²) < 4.78 is 59.4. The highest BCUT2D eigenvalue weighted by atomic mass is 32.2. The normalized spacial score (nSPS) is 15.3. The molecule has 7 nitrogen and oxygen atoms in total. The number of nitrogens with zero attached hydrogens (tertiary/aromatic N) is 2. The van der Waals surface area contributed by atoms with Gasteiger partial charge in [0.05, 0.1) is 11.9 Å². The summed E-state index contributed by atoms with van der Waals surface area (Å²) in [6.45, 7) is 1.36. The Morgan fingerprint density at radius 3 is 2.79 bits per heavy atom. The van der Waals surface area contributed by atoms with E-state index in [4.69, 9.17) is 9.84 Å². The molecule has 0 bridgehead atoms. The second-order valence-corrected chi connectivity index (χ2v) is 9.24. The first kappa shape index (κ1) is 20.7. The quantitative estimate of drug-likeness (QED) is 0.465. The van der Waals surface area contributed by atoms with Crippen molar-refractivity contribution in [3.05, 3.63) is 41.5 Å². The van der Waals surface area contributed by atoms with Gasteiger partial charge in [-0.25, -0.2) is 22.2 Å². The molecule has 0 saturated heterocycles. The number of ether oxygens (including phenoxy) is 1. The fourth-order valence-electron chi connectivity index (χ4n) is 2.23. The molecule has 2 N–H and O–H groups in total. The van der Waals surface area contributed by atoms with E-state index in [1.807, 2.05) is 0 Å². The Bertz CT molecular complexity index is 955. The predicted molar refractivity (Wildman–Crippen MR) is 101 cm³/mol. The zero-order chi connectivity index (χ0) is 20.3. The summed E-state index contributed by atoms with van der Waals surface area (Å²) in [5.74, 6) is -1.79. The van der Waals surface area contributed by atoms with E-state index < -0.39 is 33.0 Å². The molecule has 152 valence electrons. The molecule has 1 saturated carbocycles. The van der Waals surface area contributed by atoms with Crippen molar-refractivity contribution in [3.8, 4) is 5.88 Å². The van der Waals surface area contributed by atoms with Crippen LogP contribution >= 0.6 is 11.8 Å². The van der Waals surface area contributed by atoms with Crippen molar-refractivity contribution in [2.45, 2.75) is 42.0 Å². The average molecular weight is 431 g/mol. The van der Waals surface area contributed by atoms with Gasteiger partial charge in [-0.05, 0) is 25.8 Å². The molecule has 1 atom stereocenters. The van der Waals surface area contributed by atoms with Gasteiger partial charge in [-0.2, -0.15) is 4.98 Å². The highest BCUT2D eigenvalue weighted by Gasteiger charge is 2.36. The van der Waals surface area contributed by atoms with E-state index in [1.165, 1.54) is 18.2 Å². The van der Waals surface area contributed by atoms with Gasteiger partial charge in [0.2, 0.25) is 15.9 Å². The Balaban J connectivity index is 1.82. The summed E-state index contributed by atoms with van der Waals surface area (Å²) in [6, 6.07) is 5.18. The van der Waals surface area contributed by atoms with Crippen molar-refractivity contribution in [2.75, 3.05) is 11.3 Å². The maximum Gasteiger partial charge on any atom is 0.236 e. The molecule has 11 heteroatoms. The number of rotatable bonds is 9. The number of benzene rings is 1. The van der Waals surface area contributed by atoms with Gasteiger partial charge in [0.25, 0.3) is 0 Å². The van der Waals surface area contributed by atoms with Gasteiger partial charge in [-0.1, -0.05) is 23.9 Å². The molecule has 28 heavy (non-hydrogen) atoms. The number of aromatic nitrogens is 2. The van der Waals surface area contributed by atoms with Crippen LogP contribution in [0.1, 0.15) is 25.3 Å². The van der Waals surface area contributed by atoms with Crippen LogP contribution in [0, 0.1) is 11.6 Å². The smallest absolute Gasteiger partial charge is 0.236 e. The minimum Gasteiger partial charge on any atom is -0.472 e. The second kappa shape index (κ2) is 8.58. The molecular formula is C17H19F2N3O4S2. The van der Waals surface area contributed by atoms with Crippen LogP contribution in [0.2, 0.25) is 0 Å². The maximum absolute atomic E-state index is 13.8. The molecule has 1 aromatic carbocycles. The van der Waals surface area contributed by atoms with Gasteiger partial charge in [0.1, 0.15) is 11.9 Å². The van der Waals surface area contributed by atoms with Crippen LogP contribution in [0.3, 0.4) is 0 Å². The third kappa shape index (κ3) is 5.30. The summed E-state index contributed by atoms with van der Waals surface area (Å²) in [6.07, 6.45) is 0.610. The topological polar surface area (TPSA) is 101 Å². The van der Waals surface area contributed by atoms with E-state index in [0.717, 1.165) is 17.8 Å². The minimum absolute atomic E-state index is 0.0178. The molecule has 0 amide bonds. The van der Waals surface area contributed by atoms with E-state index in [-0.39, 0.29) is 34.8 Å². The molecule has 0 spiro atoms. The average Bonchev–Trinajstić information content (AvgIpc) is 3.48. The lowest BCUT2D eigenvalue weighted by molar-refractivity contribution is 0.124. The summed E-state index contributed by atoms with van der Waals surface area (Å²) in [4.78, 5) is 8.28. The zero-order valence-corrected chi connectivity index (χ0v) is 16.6. The molecule has 1 aliphatic carbocycles. The molecular weight excluding hydrogens is 412 g/mol. The summed E-state index contributed by atoms with van der Waals surface area (Å²) in [5, 5.41) is 8.83. The van der Waals surface area contributed by atoms with Crippen molar-refractivity contribution in [2.24, 2.45) is 0 Å². The van der Waals surface area contributed by atoms with E-state index in [1.54, 1.807) is 6.92 Å². The van der Waals surface area contributed by atoms with E-state index in [0.29, 0.717) is 12.8 Å². The van der Waals surface area contributed by atoms with Gasteiger partial charge in [0, 0.05) is 17.4 Å². The molecule has 1 heterocycles. The SMILES string of the molecule is C[C@H](CO)Oc1cc(NS(=O)(=O)C2CC2)nc(SCc2cccc(F)c2F)n1. The summed E-state index contributed by atoms with van der Waals surface area (Å²) in [5.41, 5.74) is 0.128. The first-order valence-electron chi connectivity index (χ1n) is 8.52. The third-order valence-electron chi connectivity index (χ3n) is 3.86. The number of aliphatic hydroxyl groups excluding tert-OH is 1. The molecule has 3 rings (SSSR count). The van der Waals surface area contributed by atoms with Crippen molar-refractivity contribution in [1.82, 2.24) is 9.97 Å². The number of hydrogen-bond acceptors (Lipinski definition) is 7. The standard InChI is InChI=1S/C17H19F2N3O4S2/c1-10(8-23)26-15-7-14(22-28(24,25)12-5-6-12)20-17(21-15)27-9-11-3-2-4-13(18)16(11)19/h2-4,7,10,12,23H,5-6,8-9H2,1H3,(H,20,21,22)/t10-/m1/s1. The van der Waals surface area contributed by atoms with Gasteiger partial charge >= 0.3 is 0 Å². The largest absolute Gasteiger partial charge is 0.472 e. The van der Waals surface area contributed by atoms with Gasteiger partial charge in [-0.3, -0.25) is 4.72 Å². The van der Waals surface area contributed by atoms with Crippen molar-refractivity contribution >= 4 is 27.6 Å². The lowest BCUT2D eigenvalue weighted by Crippen LogP contribution is -2.20. The number of nitrogens with one attached hydrogen (secondary N) is 1. The Morgan fingerprint density at radius 1 is 1.36 bits per heavy atom. The van der Waals surface area contributed by atoms with E-state index in [2.05, 4.69) is 14.7 Å². The number of halogens is 2. The number of sulfonamides is 1. The Labute approximate surface area is 165 Å². The van der Waals surface area contributed by atoms with Crippen molar-refractivity contribution in [3.63, 3.8) is 0 Å². The monoisotopic (exact) mass is 431 g/mol. The van der Waals surface area contributed by atoms with Gasteiger partial charge in [0.15, 0.2) is 16.8 Å². The van der Waals surface area contributed by atoms with E-state index in [9.17, 15) is 17.2 Å². The highest BCUT2D eigenvalue weighted by Crippen LogP contribution is 2.31. The van der Waals surface area contributed by atoms with Crippen LogP contribution in [0.4, 0.5) is 14.6 Å². The lowest BCUT2D eigenvalue weighted by Gasteiger charge is -2.14. The fraction of sp³-hybridized carbons (Fsp3) is 0.412. The molecule has 1 fully saturated rings. The van der Waals surface area contributed by atoms with Gasteiger partial charge < -0.3 is 9.84 Å². The fourth-order valence-corrected chi connectivity index (χ4v) is 4.38. The number of anilines is 1. The van der Waals surface area contributed by atoms with Crippen LogP contribution in [0.5, 0.6) is 5.88 Å². The van der Waals surface area contributed by atoms with Crippen LogP contribution in [0.25, 0.3) is 0 Å². The van der Waals surface area contributed by atoms with Crippen LogP contribution in [-0.2, 0) is 15.8 Å². The first-order valence-corrected chi connectivity index (χ1v) is 11.1. The Hall–Kier alpha value is -1.98. The lowest BCUT2D eigenvalue weighted by atomic mass is 10.2. The molecule has 2 aromatic rings. The van der Waals surface area contributed by atoms with Crippen molar-refractivity contribution in [1.29, 1.82) is 0 Å². The number of hydrogen-bond donors (Lipinski definition) is 2. The number of aliphatic hydroxyl groups is 1. The summed E-state index contributed by atoms with van der Waals surface area (Å²) >= 11 is 1.00. The van der Waals surface area contributed by atoms with Crippen LogP contribution in [-0.4, -0.2) is 41.5 Å². The zero-order valence-electron chi connectivity index (χ0n) is 14.9. The van der Waals surface area contributed by atoms with Crippen molar-refractivity contribution < 1.29 is 27.0 Å². The molecule has 1 aromatic heterocycles. The molecule has 0 unspecified atom stereocenters. The minimum atomic E-state index is -3.55. The predicted octanol–water partition coefficient (Wildman–Crippen LogP) is 2.71. The number of thioether (sulfide) groups is 1. The molecule has 1 aliphatic rings. The van der Waals surface area contributed by atoms with Gasteiger partial charge in [-0.15, -0.1) is 0 Å². The second-order valence-electron chi connectivity index (χ2n) is 6.33. The summed E-state index contributed by atoms with van der Waals surface area (Å²) in [7, 11) is -3.55. The van der Waals surface area contributed by atoms with Crippen LogP contribution < -0.4 is 9.46 Å². The maximum atomic E-state index is 13.8. The molecule has 0 radical (unpaired) electrons. The van der Waals surface area contributed by atoms with Crippen LogP contribution in [0.15, 0.2) is 29.4 Å². The van der Waals surface area contributed by atoms with E-state index >= 15 is 0 Å². The third-order valence-corrected chi connectivity index (χ3v) is 6.60. The first-order chi connectivity index (χ1) is 13.3. The highest BCUT2D eigenvalue weighted by molar-refractivity contribution is 7.98.